The van der Waals surface area contributed by atoms with Crippen LogP contribution in [0, 0.1) is 13.8 Å². The van der Waals surface area contributed by atoms with Crippen molar-refractivity contribution in [1.29, 1.82) is 0 Å². The highest BCUT2D eigenvalue weighted by molar-refractivity contribution is 5.68. The van der Waals surface area contributed by atoms with Crippen molar-refractivity contribution in [3.05, 3.63) is 29.2 Å². The zero-order valence-corrected chi connectivity index (χ0v) is 16.3. The smallest absolute Gasteiger partial charge is 0.230 e. The molecule has 2 heterocycles. The Morgan fingerprint density at radius 3 is 2.69 bits per heavy atom. The first-order valence-electron chi connectivity index (χ1n) is 8.97. The van der Waals surface area contributed by atoms with Gasteiger partial charge in [-0.2, -0.15) is 0 Å². The minimum absolute atomic E-state index is 0.545. The fraction of sp³-hybridized carbons (Fsp3) is 0.550. The van der Waals surface area contributed by atoms with Crippen LogP contribution in [-0.4, -0.2) is 47.9 Å². The lowest BCUT2D eigenvalue weighted by atomic mass is 9.95. The van der Waals surface area contributed by atoms with Gasteiger partial charge in [-0.3, -0.25) is 4.90 Å². The molecule has 6 nitrogen and oxygen atoms in total. The summed E-state index contributed by atoms with van der Waals surface area (Å²) in [7, 11) is 3.28. The summed E-state index contributed by atoms with van der Waals surface area (Å²) in [5.41, 5.74) is 1.99. The summed E-state index contributed by atoms with van der Waals surface area (Å²) in [6.07, 6.45) is 1.83. The lowest BCUT2D eigenvalue weighted by Crippen LogP contribution is -2.45. The summed E-state index contributed by atoms with van der Waals surface area (Å²) >= 11 is 0. The highest BCUT2D eigenvalue weighted by Crippen LogP contribution is 2.38. The normalized spacial score (nSPS) is 21.0. The first kappa shape index (κ1) is 18.7. The third-order valence-electron chi connectivity index (χ3n) is 5.03. The van der Waals surface area contributed by atoms with Crippen molar-refractivity contribution in [3.63, 3.8) is 0 Å². The number of piperidine rings is 1. The van der Waals surface area contributed by atoms with Crippen molar-refractivity contribution >= 4 is 0 Å². The molecule has 2 aromatic rings. The number of likely N-dealkylation sites (tertiary alicyclic amines) is 1. The largest absolute Gasteiger partial charge is 0.496 e. The van der Waals surface area contributed by atoms with Gasteiger partial charge < -0.3 is 19.0 Å². The molecule has 0 spiro atoms. The maximum Gasteiger partial charge on any atom is 0.230 e. The average molecular weight is 360 g/mol. The van der Waals surface area contributed by atoms with E-state index in [2.05, 4.69) is 4.90 Å². The Balaban J connectivity index is 1.88. The Labute approximate surface area is 154 Å². The predicted octanol–water partition coefficient (Wildman–Crippen LogP) is 3.32. The Morgan fingerprint density at radius 2 is 2.04 bits per heavy atom. The number of rotatable bonds is 5. The number of aryl methyl sites for hydroxylation is 1. The van der Waals surface area contributed by atoms with E-state index in [1.807, 2.05) is 32.9 Å². The molecule has 0 radical (unpaired) electrons. The van der Waals surface area contributed by atoms with Crippen molar-refractivity contribution < 1.29 is 19.0 Å². The number of hydrogen-bond donors (Lipinski definition) is 1. The SMILES string of the molecule is COc1ccc(-c2nc(CN3CCC[C@](C)(O)C3)c(C)o2)c(OC)c1C. The summed E-state index contributed by atoms with van der Waals surface area (Å²) < 4.78 is 16.9. The summed E-state index contributed by atoms with van der Waals surface area (Å²) in [5.74, 6) is 2.81. The molecule has 6 heteroatoms. The third-order valence-corrected chi connectivity index (χ3v) is 5.03. The zero-order valence-electron chi connectivity index (χ0n) is 16.3. The van der Waals surface area contributed by atoms with E-state index in [-0.39, 0.29) is 0 Å². The van der Waals surface area contributed by atoms with Gasteiger partial charge in [-0.15, -0.1) is 0 Å². The van der Waals surface area contributed by atoms with Crippen molar-refractivity contribution in [2.45, 2.75) is 45.8 Å². The van der Waals surface area contributed by atoms with E-state index in [1.54, 1.807) is 14.2 Å². The number of methoxy groups -OCH3 is 2. The molecule has 1 saturated heterocycles. The average Bonchev–Trinajstić information content (AvgIpc) is 2.94. The Kier molecular flexibility index (Phi) is 5.25. The summed E-state index contributed by atoms with van der Waals surface area (Å²) in [4.78, 5) is 6.95. The number of hydrogen-bond acceptors (Lipinski definition) is 6. The quantitative estimate of drug-likeness (QED) is 0.882. The lowest BCUT2D eigenvalue weighted by molar-refractivity contribution is -0.0185. The van der Waals surface area contributed by atoms with Crippen LogP contribution < -0.4 is 9.47 Å². The second-order valence-electron chi connectivity index (χ2n) is 7.31. The molecule has 3 rings (SSSR count). The Morgan fingerprint density at radius 1 is 1.27 bits per heavy atom. The Hall–Kier alpha value is -2.05. The maximum atomic E-state index is 10.3. The molecule has 0 aliphatic carbocycles. The van der Waals surface area contributed by atoms with E-state index >= 15 is 0 Å². The molecule has 26 heavy (non-hydrogen) atoms. The predicted molar refractivity (Wildman–Crippen MR) is 99.7 cm³/mol. The van der Waals surface area contributed by atoms with Gasteiger partial charge in [0.05, 0.1) is 31.1 Å². The van der Waals surface area contributed by atoms with Gasteiger partial charge in [0.25, 0.3) is 0 Å². The molecular weight excluding hydrogens is 332 g/mol. The second kappa shape index (κ2) is 7.29. The number of benzene rings is 1. The van der Waals surface area contributed by atoms with Crippen LogP contribution in [0.2, 0.25) is 0 Å². The summed E-state index contributed by atoms with van der Waals surface area (Å²) in [6.45, 7) is 8.06. The minimum atomic E-state index is -0.630. The molecule has 1 aliphatic rings. The van der Waals surface area contributed by atoms with Crippen LogP contribution in [0.3, 0.4) is 0 Å². The zero-order chi connectivity index (χ0) is 18.9. The van der Waals surface area contributed by atoms with Gasteiger partial charge >= 0.3 is 0 Å². The number of aromatic nitrogens is 1. The van der Waals surface area contributed by atoms with Gasteiger partial charge in [-0.25, -0.2) is 4.98 Å². The number of ether oxygens (including phenoxy) is 2. The van der Waals surface area contributed by atoms with Crippen LogP contribution in [0.1, 0.15) is 36.8 Å². The lowest BCUT2D eigenvalue weighted by Gasteiger charge is -2.36. The van der Waals surface area contributed by atoms with E-state index in [9.17, 15) is 5.11 Å². The van der Waals surface area contributed by atoms with Crippen LogP contribution in [0.5, 0.6) is 11.5 Å². The minimum Gasteiger partial charge on any atom is -0.496 e. The highest BCUT2D eigenvalue weighted by atomic mass is 16.5. The fourth-order valence-corrected chi connectivity index (χ4v) is 3.69. The van der Waals surface area contributed by atoms with Crippen LogP contribution in [-0.2, 0) is 6.54 Å². The Bertz CT molecular complexity index is 782. The molecule has 1 atom stereocenters. The van der Waals surface area contributed by atoms with Crippen LogP contribution >= 0.6 is 0 Å². The molecule has 0 unspecified atom stereocenters. The molecule has 1 aromatic carbocycles. The molecule has 142 valence electrons. The van der Waals surface area contributed by atoms with E-state index < -0.39 is 5.60 Å². The topological polar surface area (TPSA) is 68.0 Å². The van der Waals surface area contributed by atoms with Crippen LogP contribution in [0.15, 0.2) is 16.5 Å². The van der Waals surface area contributed by atoms with Crippen LogP contribution in [0.25, 0.3) is 11.5 Å². The standard InChI is InChI=1S/C20H28N2O4/c1-13-17(24-4)8-7-15(18(13)25-5)19-21-16(14(2)26-19)11-22-10-6-9-20(3,23)12-22/h7-8,23H,6,9-12H2,1-5H3/t20-/m0/s1. The van der Waals surface area contributed by atoms with Crippen molar-refractivity contribution in [2.24, 2.45) is 0 Å². The van der Waals surface area contributed by atoms with E-state index in [4.69, 9.17) is 18.9 Å². The van der Waals surface area contributed by atoms with Gasteiger partial charge in [0.1, 0.15) is 17.3 Å². The summed E-state index contributed by atoms with van der Waals surface area (Å²) in [6, 6.07) is 3.81. The van der Waals surface area contributed by atoms with Gasteiger partial charge in [-0.05, 0) is 52.3 Å². The molecule has 1 aromatic heterocycles. The highest BCUT2D eigenvalue weighted by Gasteiger charge is 2.29. The molecule has 1 aliphatic heterocycles. The van der Waals surface area contributed by atoms with E-state index in [0.717, 1.165) is 47.7 Å². The van der Waals surface area contributed by atoms with Crippen molar-refractivity contribution in [2.75, 3.05) is 27.3 Å². The molecule has 1 N–H and O–H groups in total. The van der Waals surface area contributed by atoms with Crippen LogP contribution in [0.4, 0.5) is 0 Å². The van der Waals surface area contributed by atoms with Gasteiger partial charge in [-0.1, -0.05) is 0 Å². The fourth-order valence-electron chi connectivity index (χ4n) is 3.69. The van der Waals surface area contributed by atoms with E-state index in [1.165, 1.54) is 0 Å². The molecule has 0 amide bonds. The maximum absolute atomic E-state index is 10.3. The molecule has 0 bridgehead atoms. The van der Waals surface area contributed by atoms with E-state index in [0.29, 0.717) is 24.7 Å². The van der Waals surface area contributed by atoms with Gasteiger partial charge in [0.15, 0.2) is 0 Å². The summed E-state index contributed by atoms with van der Waals surface area (Å²) in [5, 5.41) is 10.3. The number of nitrogens with zero attached hydrogens (tertiary/aromatic N) is 2. The molecule has 0 saturated carbocycles. The number of aliphatic hydroxyl groups is 1. The second-order valence-corrected chi connectivity index (χ2v) is 7.31. The van der Waals surface area contributed by atoms with Crippen molar-refractivity contribution in [3.8, 4) is 23.0 Å². The molecular formula is C20H28N2O4. The van der Waals surface area contributed by atoms with Crippen molar-refractivity contribution in [1.82, 2.24) is 9.88 Å². The van der Waals surface area contributed by atoms with Gasteiger partial charge in [0.2, 0.25) is 5.89 Å². The third kappa shape index (κ3) is 3.71. The van der Waals surface area contributed by atoms with Gasteiger partial charge in [0, 0.05) is 18.7 Å². The first-order chi connectivity index (χ1) is 12.3. The molecule has 1 fully saturated rings. The number of oxazole rings is 1. The number of β-amino-alcohol motifs (C(OH)–C–C–N with tert-alkyl or cyclic N) is 1. The monoisotopic (exact) mass is 360 g/mol. The first-order valence-corrected chi connectivity index (χ1v) is 8.97.